The van der Waals surface area contributed by atoms with E-state index in [2.05, 4.69) is 15.4 Å². The van der Waals surface area contributed by atoms with E-state index in [-0.39, 0.29) is 0 Å². The van der Waals surface area contributed by atoms with Gasteiger partial charge in [-0.05, 0) is 43.4 Å². The minimum Gasteiger partial charge on any atom is -0.594 e. The van der Waals surface area contributed by atoms with Crippen LogP contribution in [0.25, 0.3) is 11.0 Å². The van der Waals surface area contributed by atoms with Crippen molar-refractivity contribution in [2.75, 3.05) is 13.6 Å². The van der Waals surface area contributed by atoms with Gasteiger partial charge in [-0.15, -0.1) is 0 Å². The van der Waals surface area contributed by atoms with Gasteiger partial charge in [0.25, 0.3) is 5.52 Å². The van der Waals surface area contributed by atoms with Crippen LogP contribution in [0, 0.1) is 12.1 Å². The molecule has 0 unspecified atom stereocenters. The summed E-state index contributed by atoms with van der Waals surface area (Å²) < 4.78 is 0. The number of hydrogen-bond acceptors (Lipinski definition) is 4. The van der Waals surface area contributed by atoms with Crippen LogP contribution in [0.2, 0.25) is 0 Å². The van der Waals surface area contributed by atoms with Crippen LogP contribution in [0.4, 0.5) is 0 Å². The Bertz CT molecular complexity index is 527. The molecule has 2 aromatic rings. The highest BCUT2D eigenvalue weighted by Gasteiger charge is 2.10. The molecule has 0 fully saturated rings. The van der Waals surface area contributed by atoms with Gasteiger partial charge in [-0.3, -0.25) is 0 Å². The number of nitrogens with one attached hydrogen (secondary N) is 1. The summed E-state index contributed by atoms with van der Waals surface area (Å²) in [6, 6.07) is 5.56. The molecule has 0 aliphatic rings. The van der Waals surface area contributed by atoms with Gasteiger partial charge in [0.15, 0.2) is 5.82 Å². The van der Waals surface area contributed by atoms with Crippen molar-refractivity contribution < 1.29 is 4.85 Å². The molecule has 1 aromatic heterocycles. The summed E-state index contributed by atoms with van der Waals surface area (Å²) in [6.45, 7) is 2.88. The lowest BCUT2D eigenvalue weighted by atomic mass is 10.2. The molecule has 0 aliphatic carbocycles. The SMILES string of the molecule is CNCCCc1nc2cc(C)ccc2[n+]([O-])n1. The fourth-order valence-electron chi connectivity index (χ4n) is 1.73. The summed E-state index contributed by atoms with van der Waals surface area (Å²) in [5.74, 6) is 0.605. The van der Waals surface area contributed by atoms with Crippen LogP contribution < -0.4 is 10.2 Å². The fourth-order valence-corrected chi connectivity index (χ4v) is 1.73. The molecule has 1 aromatic carbocycles. The second-order valence-corrected chi connectivity index (χ2v) is 4.10. The van der Waals surface area contributed by atoms with Gasteiger partial charge in [-0.25, -0.2) is 4.98 Å². The minimum atomic E-state index is 0.521. The Labute approximate surface area is 100 Å². The minimum absolute atomic E-state index is 0.521. The number of fused-ring (bicyclic) bond motifs is 1. The van der Waals surface area contributed by atoms with Crippen molar-refractivity contribution in [2.24, 2.45) is 0 Å². The zero-order valence-corrected chi connectivity index (χ0v) is 10.1. The van der Waals surface area contributed by atoms with E-state index in [0.717, 1.165) is 24.0 Å². The molecule has 0 spiro atoms. The average Bonchev–Trinajstić information content (AvgIpc) is 2.28. The molecule has 2 rings (SSSR count). The lowest BCUT2D eigenvalue weighted by Gasteiger charge is -2.03. The quantitative estimate of drug-likeness (QED) is 0.479. The van der Waals surface area contributed by atoms with Gasteiger partial charge < -0.3 is 10.5 Å². The van der Waals surface area contributed by atoms with Crippen LogP contribution in [0.5, 0.6) is 0 Å². The molecular weight excluding hydrogens is 216 g/mol. The van der Waals surface area contributed by atoms with Gasteiger partial charge in [-0.2, -0.15) is 0 Å². The Hall–Kier alpha value is -1.75. The maximum Gasteiger partial charge on any atom is 0.270 e. The van der Waals surface area contributed by atoms with Gasteiger partial charge in [0.2, 0.25) is 0 Å². The van der Waals surface area contributed by atoms with Crippen LogP contribution >= 0.6 is 0 Å². The second-order valence-electron chi connectivity index (χ2n) is 4.10. The van der Waals surface area contributed by atoms with Crippen molar-refractivity contribution in [2.45, 2.75) is 19.8 Å². The Morgan fingerprint density at radius 2 is 2.24 bits per heavy atom. The van der Waals surface area contributed by atoms with Gasteiger partial charge in [0.05, 0.1) is 0 Å². The number of hydrogen-bond donors (Lipinski definition) is 1. The van der Waals surface area contributed by atoms with E-state index >= 15 is 0 Å². The first kappa shape index (κ1) is 11.7. The lowest BCUT2D eigenvalue weighted by Crippen LogP contribution is -2.34. The maximum absolute atomic E-state index is 11.7. The van der Waals surface area contributed by atoms with Crippen molar-refractivity contribution in [3.05, 3.63) is 34.8 Å². The fraction of sp³-hybridized carbons (Fsp3) is 0.417. The summed E-state index contributed by atoms with van der Waals surface area (Å²) in [4.78, 5) is 5.07. The van der Waals surface area contributed by atoms with E-state index in [1.165, 1.54) is 0 Å². The van der Waals surface area contributed by atoms with Crippen molar-refractivity contribution in [1.29, 1.82) is 0 Å². The van der Waals surface area contributed by atoms with Crippen LogP contribution in [-0.4, -0.2) is 23.7 Å². The molecule has 5 nitrogen and oxygen atoms in total. The smallest absolute Gasteiger partial charge is 0.270 e. The van der Waals surface area contributed by atoms with Crippen molar-refractivity contribution in [3.63, 3.8) is 0 Å². The van der Waals surface area contributed by atoms with Gasteiger partial charge in [0.1, 0.15) is 5.52 Å². The largest absolute Gasteiger partial charge is 0.594 e. The van der Waals surface area contributed by atoms with E-state index in [0.29, 0.717) is 22.6 Å². The Morgan fingerprint density at radius 1 is 1.41 bits per heavy atom. The molecule has 1 N–H and O–H groups in total. The molecule has 5 heteroatoms. The van der Waals surface area contributed by atoms with Gasteiger partial charge in [-0.1, -0.05) is 6.07 Å². The molecule has 0 saturated carbocycles. The highest BCUT2D eigenvalue weighted by molar-refractivity contribution is 5.71. The predicted molar refractivity (Wildman–Crippen MR) is 65.5 cm³/mol. The molecular formula is C12H16N4O. The molecule has 0 bridgehead atoms. The van der Waals surface area contributed by atoms with Crippen molar-refractivity contribution in [1.82, 2.24) is 15.4 Å². The molecule has 17 heavy (non-hydrogen) atoms. The summed E-state index contributed by atoms with van der Waals surface area (Å²) >= 11 is 0. The number of nitrogens with zero attached hydrogens (tertiary/aromatic N) is 3. The zero-order chi connectivity index (χ0) is 12.3. The highest BCUT2D eigenvalue weighted by Crippen LogP contribution is 2.09. The van der Waals surface area contributed by atoms with Gasteiger partial charge >= 0.3 is 0 Å². The third kappa shape index (κ3) is 2.68. The van der Waals surface area contributed by atoms with Crippen LogP contribution in [0.15, 0.2) is 18.2 Å². The van der Waals surface area contributed by atoms with Crippen LogP contribution in [-0.2, 0) is 6.42 Å². The number of aromatic nitrogens is 3. The maximum atomic E-state index is 11.7. The molecule has 0 radical (unpaired) electrons. The lowest BCUT2D eigenvalue weighted by molar-refractivity contribution is -0.644. The molecule has 0 saturated heterocycles. The highest BCUT2D eigenvalue weighted by atomic mass is 16.5. The predicted octanol–water partition coefficient (Wildman–Crippen LogP) is 0.724. The zero-order valence-electron chi connectivity index (χ0n) is 10.1. The summed E-state index contributed by atoms with van der Waals surface area (Å²) in [5, 5.41) is 18.7. The Kier molecular flexibility index (Phi) is 3.49. The number of aryl methyl sites for hydroxylation is 2. The second kappa shape index (κ2) is 5.05. The first-order valence-electron chi connectivity index (χ1n) is 5.72. The van der Waals surface area contributed by atoms with Gasteiger partial charge in [0, 0.05) is 17.6 Å². The standard InChI is InChI=1S/C12H16N4O/c1-9-5-6-11-10(8-9)14-12(15-16(11)17)4-3-7-13-2/h5-6,8,13H,3-4,7H2,1-2H3. The first-order valence-corrected chi connectivity index (χ1v) is 5.72. The van der Waals surface area contributed by atoms with E-state index < -0.39 is 0 Å². The summed E-state index contributed by atoms with van der Waals surface area (Å²) in [6.07, 6.45) is 1.64. The topological polar surface area (TPSA) is 64.8 Å². The molecule has 0 atom stereocenters. The summed E-state index contributed by atoms with van der Waals surface area (Å²) in [7, 11) is 1.90. The van der Waals surface area contributed by atoms with E-state index in [4.69, 9.17) is 0 Å². The molecule has 1 heterocycles. The van der Waals surface area contributed by atoms with Crippen molar-refractivity contribution in [3.8, 4) is 0 Å². The summed E-state index contributed by atoms with van der Waals surface area (Å²) in [5.41, 5.74) is 2.33. The van der Waals surface area contributed by atoms with Crippen LogP contribution in [0.1, 0.15) is 17.8 Å². The third-order valence-corrected chi connectivity index (χ3v) is 2.62. The number of rotatable bonds is 4. The van der Waals surface area contributed by atoms with Crippen LogP contribution in [0.3, 0.4) is 0 Å². The normalized spacial score (nSPS) is 10.9. The average molecular weight is 232 g/mol. The van der Waals surface area contributed by atoms with E-state index in [1.54, 1.807) is 6.07 Å². The monoisotopic (exact) mass is 232 g/mol. The number of benzene rings is 1. The molecule has 0 amide bonds. The van der Waals surface area contributed by atoms with E-state index in [9.17, 15) is 5.21 Å². The Balaban J connectivity index is 2.33. The first-order chi connectivity index (χ1) is 8.20. The van der Waals surface area contributed by atoms with E-state index in [1.807, 2.05) is 26.1 Å². The molecule has 90 valence electrons. The third-order valence-electron chi connectivity index (χ3n) is 2.62. The van der Waals surface area contributed by atoms with Crippen molar-refractivity contribution >= 4 is 11.0 Å². The Morgan fingerprint density at radius 3 is 3.00 bits per heavy atom. The molecule has 0 aliphatic heterocycles.